The molecule has 0 aliphatic heterocycles. The molecule has 0 saturated heterocycles. The lowest BCUT2D eigenvalue weighted by molar-refractivity contribution is -0.347. The van der Waals surface area contributed by atoms with Gasteiger partial charge in [-0.25, -0.2) is 17.2 Å². The van der Waals surface area contributed by atoms with Crippen LogP contribution in [0.15, 0.2) is 0 Å². The molecule has 15 heteroatoms. The van der Waals surface area contributed by atoms with Crippen molar-refractivity contribution in [3.05, 3.63) is 0 Å². The monoisotopic (exact) mass is 466 g/mol. The number of rotatable bonds is 8. The molecule has 0 aliphatic carbocycles. The van der Waals surface area contributed by atoms with Crippen LogP contribution in [0.5, 0.6) is 0 Å². The maximum atomic E-state index is 13.8. The fourth-order valence-corrected chi connectivity index (χ4v) is 3.11. The summed E-state index contributed by atoms with van der Waals surface area (Å²) in [4.78, 5) is 0. The Labute approximate surface area is 151 Å². The van der Waals surface area contributed by atoms with E-state index in [0.29, 0.717) is 0 Å². The Balaban J connectivity index is 5.75. The van der Waals surface area contributed by atoms with Gasteiger partial charge in [0.1, 0.15) is 0 Å². The first-order valence-electron chi connectivity index (χ1n) is 7.04. The van der Waals surface area contributed by atoms with Crippen molar-refractivity contribution < 1.29 is 56.7 Å². The summed E-state index contributed by atoms with van der Waals surface area (Å²) in [7, 11) is 0.510. The van der Waals surface area contributed by atoms with Gasteiger partial charge in [-0.05, 0) is 32.1 Å². The summed E-state index contributed by atoms with van der Waals surface area (Å²) in [6, 6.07) is 0. The number of halogens is 12. The second kappa shape index (κ2) is 8.07. The number of hydrogen-bond donors (Lipinski definition) is 0. The summed E-state index contributed by atoms with van der Waals surface area (Å²) in [5, 5.41) is 0. The predicted molar refractivity (Wildman–Crippen MR) is 73.1 cm³/mol. The highest BCUT2D eigenvalue weighted by Gasteiger charge is 2.72. The third-order valence-corrected chi connectivity index (χ3v) is 4.97. The maximum absolute atomic E-state index is 13.8. The molecule has 0 spiro atoms. The van der Waals surface area contributed by atoms with E-state index in [4.69, 9.17) is 10.7 Å². The van der Waals surface area contributed by atoms with Gasteiger partial charge < -0.3 is 0 Å². The molecule has 0 aliphatic rings. The minimum Gasteiger partial charge on any atom is -0.234 e. The topological polar surface area (TPSA) is 34.1 Å². The van der Waals surface area contributed by atoms with Crippen molar-refractivity contribution in [2.75, 3.05) is 5.75 Å². The quantitative estimate of drug-likeness (QED) is 0.332. The third-order valence-electron chi connectivity index (χ3n) is 3.73. The van der Waals surface area contributed by atoms with E-state index in [1.807, 2.05) is 0 Å². The number of alkyl halides is 11. The molecule has 0 radical (unpaired) electrons. The normalized spacial score (nSPS) is 18.3. The van der Waals surface area contributed by atoms with Crippen LogP contribution >= 0.6 is 10.7 Å². The fraction of sp³-hybridized carbons (Fsp3) is 1.00. The molecule has 0 fully saturated rings. The molecule has 0 heterocycles. The van der Waals surface area contributed by atoms with Crippen molar-refractivity contribution in [2.45, 2.75) is 62.5 Å². The van der Waals surface area contributed by atoms with Crippen molar-refractivity contribution in [3.63, 3.8) is 0 Å². The summed E-state index contributed by atoms with van der Waals surface area (Å²) < 4.78 is 162. The van der Waals surface area contributed by atoms with Crippen LogP contribution < -0.4 is 0 Å². The highest BCUT2D eigenvalue weighted by atomic mass is 35.7. The molecule has 0 N–H and O–H groups in total. The Hall–Kier alpha value is -0.530. The van der Waals surface area contributed by atoms with Gasteiger partial charge in [-0.2, -0.15) is 39.5 Å². The lowest BCUT2D eigenvalue weighted by Gasteiger charge is -2.35. The first-order chi connectivity index (χ1) is 11.5. The van der Waals surface area contributed by atoms with Crippen LogP contribution in [-0.2, 0) is 9.05 Å². The molecular weight excluding hydrogens is 453 g/mol. The highest BCUT2D eigenvalue weighted by molar-refractivity contribution is 8.13. The van der Waals surface area contributed by atoms with Crippen LogP contribution in [0.4, 0.5) is 48.3 Å². The second-order valence-corrected chi connectivity index (χ2v) is 9.05. The van der Waals surface area contributed by atoms with Crippen molar-refractivity contribution in [1.29, 1.82) is 0 Å². The van der Waals surface area contributed by atoms with Gasteiger partial charge in [0.05, 0.1) is 5.75 Å². The Bertz CT molecular complexity index is 578. The van der Waals surface area contributed by atoms with Crippen molar-refractivity contribution in [3.8, 4) is 0 Å². The maximum Gasteiger partial charge on any atom is 0.431 e. The van der Waals surface area contributed by atoms with Crippen LogP contribution in [0.1, 0.15) is 32.6 Å². The van der Waals surface area contributed by atoms with E-state index < -0.39 is 76.3 Å². The van der Waals surface area contributed by atoms with Crippen LogP contribution in [0.2, 0.25) is 0 Å². The van der Waals surface area contributed by atoms with Crippen molar-refractivity contribution in [2.24, 2.45) is 5.92 Å². The van der Waals surface area contributed by atoms with Crippen molar-refractivity contribution in [1.82, 2.24) is 0 Å². The molecule has 0 rings (SSSR count). The van der Waals surface area contributed by atoms with Gasteiger partial charge in [-0.3, -0.25) is 0 Å². The summed E-state index contributed by atoms with van der Waals surface area (Å²) in [5.41, 5.74) is -10.1. The zero-order valence-electron chi connectivity index (χ0n) is 13.4. The zero-order chi connectivity index (χ0) is 22.1. The molecule has 0 bridgehead atoms. The summed E-state index contributed by atoms with van der Waals surface area (Å²) in [6.07, 6.45) is -25.1. The molecule has 0 aromatic rings. The molecule has 0 aromatic carbocycles. The summed E-state index contributed by atoms with van der Waals surface area (Å²) >= 11 is 0. The van der Waals surface area contributed by atoms with E-state index in [1.165, 1.54) is 0 Å². The first-order valence-corrected chi connectivity index (χ1v) is 9.52. The van der Waals surface area contributed by atoms with Gasteiger partial charge in [0, 0.05) is 17.1 Å². The van der Waals surface area contributed by atoms with Gasteiger partial charge in [-0.1, -0.05) is 0 Å². The molecule has 2 unspecified atom stereocenters. The summed E-state index contributed by atoms with van der Waals surface area (Å²) in [5.74, 6) is -3.45. The van der Waals surface area contributed by atoms with E-state index >= 15 is 0 Å². The van der Waals surface area contributed by atoms with Gasteiger partial charge in [-0.15, -0.1) is 0 Å². The van der Waals surface area contributed by atoms with Crippen LogP contribution in [0, 0.1) is 5.92 Å². The Morgan fingerprint density at radius 1 is 0.778 bits per heavy atom. The van der Waals surface area contributed by atoms with E-state index in [0.717, 1.165) is 0 Å². The molecule has 27 heavy (non-hydrogen) atoms. The highest BCUT2D eigenvalue weighted by Crippen LogP contribution is 2.52. The van der Waals surface area contributed by atoms with Crippen molar-refractivity contribution >= 4 is 19.7 Å². The second-order valence-electron chi connectivity index (χ2n) is 6.15. The van der Waals surface area contributed by atoms with Crippen LogP contribution in [0.3, 0.4) is 0 Å². The Kier molecular flexibility index (Phi) is 7.91. The van der Waals surface area contributed by atoms with Gasteiger partial charge in [0.15, 0.2) is 0 Å². The largest absolute Gasteiger partial charge is 0.431 e. The SMILES string of the molecule is CC(F)(CC(CCCS(=O)(=O)Cl)CC(F)(C(F)(F)F)C(F)(F)F)C(F)(F)F. The smallest absolute Gasteiger partial charge is 0.234 e. The standard InChI is InChI=1S/C12H14ClF11O2S/c1-8(14,10(16,17)18)5-7(3-2-4-27(13,25)26)6-9(15,11(19,20)21)12(22,23)24/h7H,2-6H2,1H3. The lowest BCUT2D eigenvalue weighted by atomic mass is 9.81. The fourth-order valence-electron chi connectivity index (χ4n) is 2.27. The Morgan fingerprint density at radius 2 is 1.19 bits per heavy atom. The van der Waals surface area contributed by atoms with E-state index in [9.17, 15) is 56.7 Å². The van der Waals surface area contributed by atoms with Gasteiger partial charge in [0.2, 0.25) is 14.7 Å². The van der Waals surface area contributed by atoms with E-state index in [1.54, 1.807) is 0 Å². The molecule has 164 valence electrons. The van der Waals surface area contributed by atoms with Gasteiger partial charge in [0.25, 0.3) is 5.67 Å². The van der Waals surface area contributed by atoms with E-state index in [-0.39, 0.29) is 6.92 Å². The van der Waals surface area contributed by atoms with Crippen LogP contribution in [-0.4, -0.2) is 44.0 Å². The molecule has 0 saturated carbocycles. The number of hydrogen-bond acceptors (Lipinski definition) is 2. The molecule has 0 aromatic heterocycles. The molecular formula is C12H14ClF11O2S. The van der Waals surface area contributed by atoms with E-state index in [2.05, 4.69) is 0 Å². The average molecular weight is 467 g/mol. The molecule has 2 nitrogen and oxygen atoms in total. The lowest BCUT2D eigenvalue weighted by Crippen LogP contribution is -2.54. The summed E-state index contributed by atoms with van der Waals surface area (Å²) in [6.45, 7) is -0.126. The molecule has 2 atom stereocenters. The zero-order valence-corrected chi connectivity index (χ0v) is 14.9. The van der Waals surface area contributed by atoms with Crippen LogP contribution in [0.25, 0.3) is 0 Å². The average Bonchev–Trinajstić information content (AvgIpc) is 2.31. The first kappa shape index (κ1) is 26.5. The third kappa shape index (κ3) is 7.42. The minimum atomic E-state index is -6.53. The Morgan fingerprint density at radius 3 is 1.48 bits per heavy atom. The molecule has 0 amide bonds. The predicted octanol–water partition coefficient (Wildman–Crippen LogP) is 5.86. The minimum absolute atomic E-state index is 0.126. The van der Waals surface area contributed by atoms with Gasteiger partial charge >= 0.3 is 18.5 Å².